The van der Waals surface area contributed by atoms with E-state index in [-0.39, 0.29) is 5.92 Å². The van der Waals surface area contributed by atoms with Gasteiger partial charge < -0.3 is 4.90 Å². The quantitative estimate of drug-likeness (QED) is 0.779. The van der Waals surface area contributed by atoms with Crippen molar-refractivity contribution in [1.29, 1.82) is 0 Å². The van der Waals surface area contributed by atoms with Gasteiger partial charge in [0.25, 0.3) is 0 Å². The molecule has 1 heterocycles. The Bertz CT molecular complexity index is 681. The third-order valence-corrected chi connectivity index (χ3v) is 5.48. The van der Waals surface area contributed by atoms with Crippen LogP contribution in [0.4, 0.5) is 10.1 Å². The standard InChI is InChI=1S/C19H24FN3/c1-3-6-18-21-12-16(22-18)13-7-5-8-14(9-13)23(4-2)17-11-19(20)10-15(17)19/h5,7-9,15,17H,3-4,6,10-12H2,1-2H3. The van der Waals surface area contributed by atoms with Gasteiger partial charge in [-0.25, -0.2) is 9.38 Å². The van der Waals surface area contributed by atoms with Crippen LogP contribution in [0.15, 0.2) is 34.3 Å². The lowest BCUT2D eigenvalue weighted by molar-refractivity contribution is 0.156. The van der Waals surface area contributed by atoms with Gasteiger partial charge in [0, 0.05) is 37.0 Å². The lowest BCUT2D eigenvalue weighted by Gasteiger charge is -2.40. The zero-order valence-electron chi connectivity index (χ0n) is 13.9. The van der Waals surface area contributed by atoms with E-state index in [0.29, 0.717) is 19.0 Å². The zero-order valence-corrected chi connectivity index (χ0v) is 13.9. The second kappa shape index (κ2) is 5.43. The maximum atomic E-state index is 13.9. The van der Waals surface area contributed by atoms with E-state index in [1.165, 1.54) is 5.69 Å². The van der Waals surface area contributed by atoms with Gasteiger partial charge in [0.1, 0.15) is 11.5 Å². The van der Waals surface area contributed by atoms with E-state index in [4.69, 9.17) is 0 Å². The Morgan fingerprint density at radius 1 is 1.30 bits per heavy atom. The SMILES string of the molecule is CCCC1=NCC(c2cccc(N(CC)C3CC4(F)CC34)c2)=N1. The fraction of sp³-hybridized carbons (Fsp3) is 0.579. The molecule has 0 saturated heterocycles. The lowest BCUT2D eigenvalue weighted by Crippen LogP contribution is -2.47. The molecule has 4 heteroatoms. The summed E-state index contributed by atoms with van der Waals surface area (Å²) in [7, 11) is 0. The normalized spacial score (nSPS) is 31.1. The highest BCUT2D eigenvalue weighted by Gasteiger charge is 2.70. The Balaban J connectivity index is 1.53. The van der Waals surface area contributed by atoms with Gasteiger partial charge >= 0.3 is 0 Å². The van der Waals surface area contributed by atoms with Crippen molar-refractivity contribution in [2.45, 2.75) is 51.2 Å². The van der Waals surface area contributed by atoms with Gasteiger partial charge in [-0.05, 0) is 37.5 Å². The van der Waals surface area contributed by atoms with Crippen molar-refractivity contribution in [1.82, 2.24) is 0 Å². The fourth-order valence-electron chi connectivity index (χ4n) is 4.06. The van der Waals surface area contributed by atoms with E-state index in [1.54, 1.807) is 0 Å². The molecule has 0 radical (unpaired) electrons. The summed E-state index contributed by atoms with van der Waals surface area (Å²) < 4.78 is 13.9. The zero-order chi connectivity index (χ0) is 16.0. The summed E-state index contributed by atoms with van der Waals surface area (Å²) in [6.45, 7) is 5.91. The number of nitrogens with zero attached hydrogens (tertiary/aromatic N) is 3. The second-order valence-electron chi connectivity index (χ2n) is 6.99. The van der Waals surface area contributed by atoms with E-state index < -0.39 is 5.67 Å². The number of fused-ring (bicyclic) bond motifs is 1. The number of anilines is 1. The van der Waals surface area contributed by atoms with E-state index in [1.807, 2.05) is 0 Å². The first-order valence-corrected chi connectivity index (χ1v) is 8.81. The van der Waals surface area contributed by atoms with Crippen LogP contribution in [0.1, 0.15) is 45.1 Å². The first-order chi connectivity index (χ1) is 11.1. The molecule has 0 amide bonds. The summed E-state index contributed by atoms with van der Waals surface area (Å²) in [5, 5.41) is 0. The Kier molecular flexibility index (Phi) is 3.51. The van der Waals surface area contributed by atoms with Gasteiger partial charge in [-0.15, -0.1) is 0 Å². The van der Waals surface area contributed by atoms with Crippen LogP contribution in [-0.4, -0.2) is 36.3 Å². The molecule has 1 aromatic rings. The van der Waals surface area contributed by atoms with Gasteiger partial charge in [0.15, 0.2) is 0 Å². The van der Waals surface area contributed by atoms with Gasteiger partial charge in [-0.3, -0.25) is 4.99 Å². The number of alkyl halides is 1. The smallest absolute Gasteiger partial charge is 0.124 e. The predicted octanol–water partition coefficient (Wildman–Crippen LogP) is 4.01. The summed E-state index contributed by atoms with van der Waals surface area (Å²) in [5.41, 5.74) is 2.58. The molecule has 3 aliphatic rings. The van der Waals surface area contributed by atoms with Crippen LogP contribution < -0.4 is 4.90 Å². The summed E-state index contributed by atoms with van der Waals surface area (Å²) in [6, 6.07) is 8.90. The van der Waals surface area contributed by atoms with Gasteiger partial charge in [-0.1, -0.05) is 19.1 Å². The topological polar surface area (TPSA) is 28.0 Å². The average molecular weight is 313 g/mol. The molecule has 2 aliphatic carbocycles. The predicted molar refractivity (Wildman–Crippen MR) is 93.6 cm³/mol. The van der Waals surface area contributed by atoms with E-state index in [9.17, 15) is 4.39 Å². The number of rotatable bonds is 6. The van der Waals surface area contributed by atoms with Crippen molar-refractivity contribution >= 4 is 17.2 Å². The highest BCUT2D eigenvalue weighted by atomic mass is 19.1. The van der Waals surface area contributed by atoms with Crippen LogP contribution in [0, 0.1) is 5.92 Å². The van der Waals surface area contributed by atoms with Crippen LogP contribution in [0.5, 0.6) is 0 Å². The molecule has 4 rings (SSSR count). The van der Waals surface area contributed by atoms with Crippen LogP contribution in [0.2, 0.25) is 0 Å². The minimum absolute atomic E-state index is 0.259. The molecule has 3 unspecified atom stereocenters. The minimum atomic E-state index is -0.825. The molecule has 0 spiro atoms. The van der Waals surface area contributed by atoms with Crippen molar-refractivity contribution in [2.24, 2.45) is 15.9 Å². The van der Waals surface area contributed by atoms with Gasteiger partial charge in [0.05, 0.1) is 12.3 Å². The van der Waals surface area contributed by atoms with Gasteiger partial charge in [-0.2, -0.15) is 0 Å². The molecule has 1 aromatic carbocycles. The van der Waals surface area contributed by atoms with E-state index >= 15 is 0 Å². The van der Waals surface area contributed by atoms with Crippen molar-refractivity contribution in [3.8, 4) is 0 Å². The molecule has 122 valence electrons. The minimum Gasteiger partial charge on any atom is -0.368 e. The van der Waals surface area contributed by atoms with E-state index in [0.717, 1.165) is 42.9 Å². The number of aliphatic imine (C=N–C) groups is 2. The maximum absolute atomic E-state index is 13.9. The second-order valence-corrected chi connectivity index (χ2v) is 6.99. The lowest BCUT2D eigenvalue weighted by atomic mass is 9.88. The molecular weight excluding hydrogens is 289 g/mol. The van der Waals surface area contributed by atoms with Gasteiger partial charge in [0.2, 0.25) is 0 Å². The number of hydrogen-bond acceptors (Lipinski definition) is 3. The molecule has 2 saturated carbocycles. The highest BCUT2D eigenvalue weighted by molar-refractivity contribution is 6.12. The molecule has 0 aromatic heterocycles. The highest BCUT2D eigenvalue weighted by Crippen LogP contribution is 2.64. The Morgan fingerprint density at radius 2 is 2.17 bits per heavy atom. The summed E-state index contributed by atoms with van der Waals surface area (Å²) in [4.78, 5) is 11.6. The average Bonchev–Trinajstić information content (AvgIpc) is 2.90. The molecule has 2 fully saturated rings. The Hall–Kier alpha value is -1.71. The summed E-state index contributed by atoms with van der Waals surface area (Å²) in [5.74, 6) is 1.23. The van der Waals surface area contributed by atoms with Crippen LogP contribution in [0.25, 0.3) is 0 Å². The summed E-state index contributed by atoms with van der Waals surface area (Å²) in [6.07, 6.45) is 3.48. The third-order valence-electron chi connectivity index (χ3n) is 5.48. The first kappa shape index (κ1) is 14.9. The monoisotopic (exact) mass is 313 g/mol. The maximum Gasteiger partial charge on any atom is 0.124 e. The Morgan fingerprint density at radius 3 is 2.83 bits per heavy atom. The van der Waals surface area contributed by atoms with Crippen molar-refractivity contribution in [3.05, 3.63) is 29.8 Å². The molecule has 23 heavy (non-hydrogen) atoms. The fourth-order valence-corrected chi connectivity index (χ4v) is 4.06. The molecule has 3 nitrogen and oxygen atoms in total. The molecule has 3 atom stereocenters. The number of halogens is 1. The van der Waals surface area contributed by atoms with E-state index in [2.05, 4.69) is 53.0 Å². The third kappa shape index (κ3) is 2.48. The van der Waals surface area contributed by atoms with Crippen LogP contribution in [-0.2, 0) is 0 Å². The number of hydrogen-bond donors (Lipinski definition) is 0. The van der Waals surface area contributed by atoms with Crippen molar-refractivity contribution in [2.75, 3.05) is 18.0 Å². The van der Waals surface area contributed by atoms with Crippen LogP contribution in [0.3, 0.4) is 0 Å². The number of amidine groups is 1. The molecule has 0 bridgehead atoms. The van der Waals surface area contributed by atoms with Crippen molar-refractivity contribution < 1.29 is 4.39 Å². The summed E-state index contributed by atoms with van der Waals surface area (Å²) >= 11 is 0. The van der Waals surface area contributed by atoms with Crippen molar-refractivity contribution in [3.63, 3.8) is 0 Å². The molecule has 1 aliphatic heterocycles. The largest absolute Gasteiger partial charge is 0.368 e. The molecular formula is C19H24FN3. The first-order valence-electron chi connectivity index (χ1n) is 8.81. The van der Waals surface area contributed by atoms with Crippen LogP contribution >= 0.6 is 0 Å². The molecule has 0 N–H and O–H groups in total. The Labute approximate surface area is 137 Å². The number of benzene rings is 1.